The first kappa shape index (κ1) is 28.3. The van der Waals surface area contributed by atoms with Gasteiger partial charge in [-0.2, -0.15) is 4.31 Å². The van der Waals surface area contributed by atoms with Crippen LogP contribution in [-0.2, 0) is 26.1 Å². The molecule has 0 fully saturated rings. The highest BCUT2D eigenvalue weighted by Gasteiger charge is 2.32. The van der Waals surface area contributed by atoms with Crippen molar-refractivity contribution in [3.8, 4) is 0 Å². The van der Waals surface area contributed by atoms with Crippen molar-refractivity contribution in [2.24, 2.45) is 0 Å². The zero-order valence-electron chi connectivity index (χ0n) is 20.5. The van der Waals surface area contributed by atoms with Crippen LogP contribution in [0.3, 0.4) is 0 Å². The van der Waals surface area contributed by atoms with Crippen LogP contribution in [0.15, 0.2) is 83.8 Å². The third-order valence-electron chi connectivity index (χ3n) is 5.87. The summed E-state index contributed by atoms with van der Waals surface area (Å²) in [5.41, 5.74) is 1.76. The fraction of sp³-hybridized carbons (Fsp3) is 0.259. The second-order valence-electron chi connectivity index (χ2n) is 8.27. The minimum absolute atomic E-state index is 0.0572. The Labute approximate surface area is 221 Å². The lowest BCUT2D eigenvalue weighted by Crippen LogP contribution is -2.44. The van der Waals surface area contributed by atoms with Gasteiger partial charge in [0.05, 0.1) is 24.7 Å². The molecule has 0 saturated carbocycles. The van der Waals surface area contributed by atoms with E-state index in [9.17, 15) is 23.1 Å². The summed E-state index contributed by atoms with van der Waals surface area (Å²) in [4.78, 5) is 24.3. The van der Waals surface area contributed by atoms with Gasteiger partial charge in [0.2, 0.25) is 10.0 Å². The van der Waals surface area contributed by atoms with Crippen LogP contribution in [0.4, 0.5) is 0 Å². The lowest BCUT2D eigenvalue weighted by molar-refractivity contribution is -0.143. The maximum atomic E-state index is 13.8. The Morgan fingerprint density at radius 3 is 2.16 bits per heavy atom. The summed E-state index contributed by atoms with van der Waals surface area (Å²) in [7, 11) is -2.76. The first-order chi connectivity index (χ1) is 17.7. The van der Waals surface area contributed by atoms with Crippen molar-refractivity contribution in [2.45, 2.75) is 36.9 Å². The lowest BCUT2D eigenvalue weighted by atomic mass is 10.0. The Balaban J connectivity index is 1.92. The molecule has 0 saturated heterocycles. The van der Waals surface area contributed by atoms with E-state index in [-0.39, 0.29) is 17.0 Å². The quantitative estimate of drug-likeness (QED) is 0.353. The second-order valence-corrected chi connectivity index (χ2v) is 10.6. The third-order valence-corrected chi connectivity index (χ3v) is 7.99. The molecule has 0 aromatic heterocycles. The molecule has 3 aromatic carbocycles. The number of carbonyl (C=O) groups is 2. The maximum absolute atomic E-state index is 13.8. The number of benzene rings is 3. The van der Waals surface area contributed by atoms with Crippen LogP contribution in [0, 0.1) is 0 Å². The van der Waals surface area contributed by atoms with Crippen molar-refractivity contribution in [1.29, 1.82) is 0 Å². The predicted molar refractivity (Wildman–Crippen MR) is 140 cm³/mol. The zero-order valence-corrected chi connectivity index (χ0v) is 22.1. The fourth-order valence-electron chi connectivity index (χ4n) is 3.89. The number of nitrogens with zero attached hydrogens (tertiary/aromatic N) is 1. The Morgan fingerprint density at radius 1 is 1.00 bits per heavy atom. The number of methoxy groups -OCH3 is 1. The van der Waals surface area contributed by atoms with E-state index >= 15 is 0 Å². The molecule has 0 radical (unpaired) electrons. The third kappa shape index (κ3) is 6.95. The van der Waals surface area contributed by atoms with Crippen molar-refractivity contribution in [2.75, 3.05) is 13.7 Å². The number of hydrogen-bond acceptors (Lipinski definition) is 6. The van der Waals surface area contributed by atoms with Crippen molar-refractivity contribution in [3.63, 3.8) is 0 Å². The second kappa shape index (κ2) is 12.8. The minimum atomic E-state index is -3.92. The number of aliphatic hydroxyl groups is 1. The van der Waals surface area contributed by atoms with Crippen LogP contribution in [0.2, 0.25) is 5.02 Å². The molecule has 0 heterocycles. The van der Waals surface area contributed by atoms with E-state index in [1.54, 1.807) is 12.1 Å². The number of sulfonamides is 1. The predicted octanol–water partition coefficient (Wildman–Crippen LogP) is 3.95. The maximum Gasteiger partial charge on any atom is 0.330 e. The molecule has 3 aromatic rings. The molecule has 2 atom stereocenters. The van der Waals surface area contributed by atoms with Crippen molar-refractivity contribution in [1.82, 2.24) is 9.62 Å². The van der Waals surface area contributed by atoms with E-state index in [2.05, 4.69) is 10.1 Å². The standard InChI is InChI=1S/C27H29ClN2O6S/c1-3-25(20-7-5-4-6-8-20)30(37(34,35)23-15-13-22(28)14-16-23)17-19-9-11-21(12-10-19)26(32)29-24(18-31)27(33)36-2/h4-16,24-25,31H,3,17-18H2,1-2H3,(H,29,32)/t24-,25-/m0/s1. The van der Waals surface area contributed by atoms with Gasteiger partial charge < -0.3 is 15.2 Å². The van der Waals surface area contributed by atoms with E-state index in [0.29, 0.717) is 17.0 Å². The number of amides is 1. The Morgan fingerprint density at radius 2 is 1.62 bits per heavy atom. The highest BCUT2D eigenvalue weighted by molar-refractivity contribution is 7.89. The molecule has 3 rings (SSSR count). The summed E-state index contributed by atoms with van der Waals surface area (Å²) >= 11 is 5.98. The molecule has 0 spiro atoms. The van der Waals surface area contributed by atoms with Gasteiger partial charge in [0.15, 0.2) is 6.04 Å². The van der Waals surface area contributed by atoms with Gasteiger partial charge in [-0.05, 0) is 53.9 Å². The number of rotatable bonds is 11. The minimum Gasteiger partial charge on any atom is -0.467 e. The van der Waals surface area contributed by atoms with Gasteiger partial charge in [-0.25, -0.2) is 13.2 Å². The van der Waals surface area contributed by atoms with E-state index in [1.807, 2.05) is 37.3 Å². The van der Waals surface area contributed by atoms with Crippen LogP contribution < -0.4 is 5.32 Å². The van der Waals surface area contributed by atoms with Crippen molar-refractivity contribution in [3.05, 3.63) is 101 Å². The van der Waals surface area contributed by atoms with Gasteiger partial charge in [0.25, 0.3) is 5.91 Å². The molecule has 37 heavy (non-hydrogen) atoms. The number of carbonyl (C=O) groups excluding carboxylic acids is 2. The van der Waals surface area contributed by atoms with Gasteiger partial charge in [0.1, 0.15) is 0 Å². The molecule has 0 aliphatic rings. The summed E-state index contributed by atoms with van der Waals surface area (Å²) in [5, 5.41) is 12.2. The smallest absolute Gasteiger partial charge is 0.330 e. The summed E-state index contributed by atoms with van der Waals surface area (Å²) in [6.07, 6.45) is 0.535. The molecular weight excluding hydrogens is 516 g/mol. The molecule has 2 N–H and O–H groups in total. The summed E-state index contributed by atoms with van der Waals surface area (Å²) in [5.74, 6) is -1.33. The van der Waals surface area contributed by atoms with Gasteiger partial charge in [-0.1, -0.05) is 61.0 Å². The first-order valence-corrected chi connectivity index (χ1v) is 13.4. The summed E-state index contributed by atoms with van der Waals surface area (Å²) < 4.78 is 33.6. The number of ether oxygens (including phenoxy) is 1. The topological polar surface area (TPSA) is 113 Å². The van der Waals surface area contributed by atoms with Gasteiger partial charge >= 0.3 is 5.97 Å². The molecule has 0 bridgehead atoms. The normalized spacial score (nSPS) is 13.1. The van der Waals surface area contributed by atoms with E-state index in [4.69, 9.17) is 11.6 Å². The SMILES string of the molecule is CC[C@@H](c1ccccc1)N(Cc1ccc(C(=O)N[C@@H](CO)C(=O)OC)cc1)S(=O)(=O)c1ccc(Cl)cc1. The Bertz CT molecular complexity index is 1300. The van der Waals surface area contributed by atoms with Crippen LogP contribution >= 0.6 is 11.6 Å². The summed E-state index contributed by atoms with van der Waals surface area (Å²) in [6.45, 7) is 1.38. The molecule has 10 heteroatoms. The number of aliphatic hydroxyl groups excluding tert-OH is 1. The largest absolute Gasteiger partial charge is 0.467 e. The average Bonchev–Trinajstić information content (AvgIpc) is 2.92. The van der Waals surface area contributed by atoms with Gasteiger partial charge in [-0.3, -0.25) is 4.79 Å². The average molecular weight is 545 g/mol. The van der Waals surface area contributed by atoms with Crippen LogP contribution in [0.5, 0.6) is 0 Å². The van der Waals surface area contributed by atoms with Crippen molar-refractivity contribution < 1.29 is 27.9 Å². The van der Waals surface area contributed by atoms with Crippen molar-refractivity contribution >= 4 is 33.5 Å². The van der Waals surface area contributed by atoms with Gasteiger partial charge in [0, 0.05) is 17.1 Å². The van der Waals surface area contributed by atoms with Crippen LogP contribution in [0.1, 0.15) is 40.9 Å². The molecule has 0 aliphatic carbocycles. The molecular formula is C27H29ClN2O6S. The van der Waals surface area contributed by atoms with E-state index in [0.717, 1.165) is 12.7 Å². The highest BCUT2D eigenvalue weighted by atomic mass is 35.5. The van der Waals surface area contributed by atoms with E-state index in [1.165, 1.54) is 40.7 Å². The number of halogens is 1. The lowest BCUT2D eigenvalue weighted by Gasteiger charge is -2.31. The van der Waals surface area contributed by atoms with Crippen LogP contribution in [0.25, 0.3) is 0 Å². The van der Waals surface area contributed by atoms with Gasteiger partial charge in [-0.15, -0.1) is 0 Å². The summed E-state index contributed by atoms with van der Waals surface area (Å²) in [6, 6.07) is 20.2. The number of esters is 1. The molecule has 0 unspecified atom stereocenters. The molecule has 8 nitrogen and oxygen atoms in total. The van der Waals surface area contributed by atoms with Crippen LogP contribution in [-0.4, -0.2) is 49.5 Å². The Kier molecular flexibility index (Phi) is 9.82. The monoisotopic (exact) mass is 544 g/mol. The molecule has 0 aliphatic heterocycles. The molecule has 1 amide bonds. The number of nitrogens with one attached hydrogen (secondary N) is 1. The number of hydrogen-bond donors (Lipinski definition) is 2. The molecule has 196 valence electrons. The van der Waals surface area contributed by atoms with E-state index < -0.39 is 40.6 Å². The Hall–Kier alpha value is -3.24. The fourth-order valence-corrected chi connectivity index (χ4v) is 5.69. The first-order valence-electron chi connectivity index (χ1n) is 11.6. The highest BCUT2D eigenvalue weighted by Crippen LogP contribution is 2.32. The zero-order chi connectivity index (χ0) is 27.0.